The van der Waals surface area contributed by atoms with Crippen LogP contribution in [0.15, 0.2) is 41.0 Å². The molecule has 0 spiro atoms. The summed E-state index contributed by atoms with van der Waals surface area (Å²) in [5.41, 5.74) is 11.7. The monoisotopic (exact) mass is 524 g/mol. The molecular formula is C26H29BrN4O3. The van der Waals surface area contributed by atoms with Gasteiger partial charge in [0.25, 0.3) is 0 Å². The molecule has 178 valence electrons. The summed E-state index contributed by atoms with van der Waals surface area (Å²) in [6.45, 7) is 8.60. The predicted molar refractivity (Wildman–Crippen MR) is 132 cm³/mol. The van der Waals surface area contributed by atoms with Gasteiger partial charge in [-0.1, -0.05) is 35.8 Å². The molecular weight excluding hydrogens is 496 g/mol. The first-order chi connectivity index (χ1) is 16.1. The molecule has 0 saturated heterocycles. The first-order valence-electron chi connectivity index (χ1n) is 11.2. The number of methoxy groups -OCH3 is 1. The lowest BCUT2D eigenvalue weighted by Gasteiger charge is -2.37. The van der Waals surface area contributed by atoms with Gasteiger partial charge in [0.1, 0.15) is 23.2 Å². The average Bonchev–Trinajstić information content (AvgIpc) is 3.03. The summed E-state index contributed by atoms with van der Waals surface area (Å²) >= 11 is 3.54. The van der Waals surface area contributed by atoms with Crippen LogP contribution < -0.4 is 10.5 Å². The van der Waals surface area contributed by atoms with Crippen molar-refractivity contribution in [2.45, 2.75) is 58.3 Å². The summed E-state index contributed by atoms with van der Waals surface area (Å²) in [6, 6.07) is 7.95. The fourth-order valence-electron chi connectivity index (χ4n) is 4.96. The second-order valence-corrected chi connectivity index (χ2v) is 10.3. The number of aromatic nitrogens is 2. The highest BCUT2D eigenvalue weighted by atomic mass is 79.9. The molecule has 0 radical (unpaired) electrons. The van der Waals surface area contributed by atoms with Gasteiger partial charge in [-0.15, -0.1) is 0 Å². The zero-order chi connectivity index (χ0) is 24.8. The van der Waals surface area contributed by atoms with Crippen molar-refractivity contribution in [3.8, 4) is 11.8 Å². The second kappa shape index (κ2) is 8.95. The summed E-state index contributed by atoms with van der Waals surface area (Å²) < 4.78 is 13.4. The molecule has 4 rings (SSSR count). The highest BCUT2D eigenvalue weighted by molar-refractivity contribution is 9.08. The Morgan fingerprint density at radius 2 is 2.09 bits per heavy atom. The zero-order valence-corrected chi connectivity index (χ0v) is 21.7. The molecule has 2 aromatic rings. The number of halogens is 1. The number of ether oxygens (including phenoxy) is 2. The van der Waals surface area contributed by atoms with Crippen LogP contribution >= 0.6 is 15.9 Å². The minimum atomic E-state index is -0.569. The van der Waals surface area contributed by atoms with E-state index >= 15 is 0 Å². The van der Waals surface area contributed by atoms with E-state index in [2.05, 4.69) is 22.0 Å². The van der Waals surface area contributed by atoms with Gasteiger partial charge >= 0.3 is 0 Å². The summed E-state index contributed by atoms with van der Waals surface area (Å²) in [7, 11) is 1.63. The SMILES string of the molecule is COc1ccc(C2C(C#N)=C(N)OC3=C2C(=O)CC(C)(C)C3)cc1Cn1nc(C)c(CBr)c1C. The van der Waals surface area contributed by atoms with Crippen molar-refractivity contribution in [1.29, 1.82) is 5.26 Å². The third-order valence-electron chi connectivity index (χ3n) is 6.70. The highest BCUT2D eigenvalue weighted by Crippen LogP contribution is 2.48. The molecule has 1 aliphatic carbocycles. The maximum Gasteiger partial charge on any atom is 0.205 e. The van der Waals surface area contributed by atoms with E-state index in [-0.39, 0.29) is 22.7 Å². The van der Waals surface area contributed by atoms with Crippen LogP contribution in [0, 0.1) is 30.6 Å². The van der Waals surface area contributed by atoms with E-state index in [1.807, 2.05) is 50.6 Å². The first-order valence-corrected chi connectivity index (χ1v) is 12.3. The number of carbonyl (C=O) groups excluding carboxylic acids is 1. The third-order valence-corrected chi connectivity index (χ3v) is 7.26. The number of rotatable bonds is 5. The lowest BCUT2D eigenvalue weighted by atomic mass is 9.70. The summed E-state index contributed by atoms with van der Waals surface area (Å²) in [4.78, 5) is 13.3. The number of alkyl halides is 1. The molecule has 0 bridgehead atoms. The molecule has 1 aliphatic heterocycles. The van der Waals surface area contributed by atoms with Gasteiger partial charge in [-0.25, -0.2) is 0 Å². The standard InChI is InChI=1S/C26H29BrN4O3/c1-14-18(11-27)15(2)31(30-14)13-17-8-16(6-7-21(17)33-5)23-19(12-28)25(29)34-22-10-26(3,4)9-20(32)24(22)23/h6-8,23H,9-11,13,29H2,1-5H3. The van der Waals surface area contributed by atoms with Gasteiger partial charge in [0, 0.05) is 40.6 Å². The fourth-order valence-corrected chi connectivity index (χ4v) is 5.77. The number of allylic oxidation sites excluding steroid dienone is 3. The van der Waals surface area contributed by atoms with Crippen LogP contribution in [-0.2, 0) is 21.4 Å². The number of aryl methyl sites for hydroxylation is 1. The average molecular weight is 525 g/mol. The fraction of sp³-hybridized carbons (Fsp3) is 0.423. The number of hydrogen-bond acceptors (Lipinski definition) is 6. The minimum Gasteiger partial charge on any atom is -0.496 e. The quantitative estimate of drug-likeness (QED) is 0.557. The van der Waals surface area contributed by atoms with Gasteiger partial charge in [0.05, 0.1) is 25.3 Å². The van der Waals surface area contributed by atoms with Crippen LogP contribution in [0.2, 0.25) is 0 Å². The molecule has 0 amide bonds. The Morgan fingerprint density at radius 1 is 1.35 bits per heavy atom. The largest absolute Gasteiger partial charge is 0.496 e. The Labute approximate surface area is 208 Å². The van der Waals surface area contributed by atoms with E-state index < -0.39 is 5.92 Å². The Kier molecular flexibility index (Phi) is 6.34. The van der Waals surface area contributed by atoms with Gasteiger partial charge < -0.3 is 15.2 Å². The topological polar surface area (TPSA) is 103 Å². The van der Waals surface area contributed by atoms with Crippen LogP contribution in [-0.4, -0.2) is 22.7 Å². The van der Waals surface area contributed by atoms with Gasteiger partial charge in [0.15, 0.2) is 5.78 Å². The summed E-state index contributed by atoms with van der Waals surface area (Å²) in [5, 5.41) is 15.4. The predicted octanol–water partition coefficient (Wildman–Crippen LogP) is 4.90. The Balaban J connectivity index is 1.83. The van der Waals surface area contributed by atoms with Crippen molar-refractivity contribution in [2.75, 3.05) is 7.11 Å². The molecule has 1 aromatic carbocycles. The first kappa shape index (κ1) is 24.1. The number of Topliss-reactive ketones (excluding diaryl/α,β-unsaturated/α-hetero) is 1. The second-order valence-electron chi connectivity index (χ2n) is 9.71. The molecule has 1 unspecified atom stereocenters. The number of ketones is 1. The maximum atomic E-state index is 13.3. The van der Waals surface area contributed by atoms with E-state index in [1.165, 1.54) is 0 Å². The normalized spacial score (nSPS) is 19.6. The number of hydrogen-bond donors (Lipinski definition) is 1. The van der Waals surface area contributed by atoms with Crippen molar-refractivity contribution >= 4 is 21.7 Å². The number of nitrogens with zero attached hydrogens (tertiary/aromatic N) is 3. The lowest BCUT2D eigenvalue weighted by molar-refractivity contribution is -0.119. The molecule has 0 fully saturated rings. The lowest BCUT2D eigenvalue weighted by Crippen LogP contribution is -2.33. The van der Waals surface area contributed by atoms with E-state index in [1.54, 1.807) is 7.11 Å². The van der Waals surface area contributed by atoms with Crippen molar-refractivity contribution in [2.24, 2.45) is 11.1 Å². The minimum absolute atomic E-state index is 0.00521. The summed E-state index contributed by atoms with van der Waals surface area (Å²) in [5.74, 6) is 0.773. The van der Waals surface area contributed by atoms with E-state index in [9.17, 15) is 10.1 Å². The smallest absolute Gasteiger partial charge is 0.205 e. The number of nitriles is 1. The highest BCUT2D eigenvalue weighted by Gasteiger charge is 2.43. The third kappa shape index (κ3) is 4.14. The molecule has 2 aliphatic rings. The molecule has 2 N–H and O–H groups in total. The Morgan fingerprint density at radius 3 is 2.71 bits per heavy atom. The molecule has 0 saturated carbocycles. The van der Waals surface area contributed by atoms with Gasteiger partial charge in [-0.05, 0) is 37.0 Å². The van der Waals surface area contributed by atoms with Gasteiger partial charge in [-0.3, -0.25) is 9.48 Å². The molecule has 1 atom stereocenters. The Bertz CT molecular complexity index is 1280. The number of nitrogens with two attached hydrogens (primary N) is 1. The number of carbonyl (C=O) groups is 1. The molecule has 8 heteroatoms. The van der Waals surface area contributed by atoms with Crippen LogP contribution in [0.1, 0.15) is 60.7 Å². The molecule has 2 heterocycles. The van der Waals surface area contributed by atoms with Crippen LogP contribution in [0.25, 0.3) is 0 Å². The van der Waals surface area contributed by atoms with Crippen molar-refractivity contribution < 1.29 is 14.3 Å². The summed E-state index contributed by atoms with van der Waals surface area (Å²) in [6.07, 6.45) is 0.989. The van der Waals surface area contributed by atoms with Gasteiger partial charge in [-0.2, -0.15) is 10.4 Å². The van der Waals surface area contributed by atoms with Gasteiger partial charge in [0.2, 0.25) is 5.88 Å². The van der Waals surface area contributed by atoms with E-state index in [0.717, 1.165) is 33.4 Å². The maximum absolute atomic E-state index is 13.3. The van der Waals surface area contributed by atoms with Crippen LogP contribution in [0.4, 0.5) is 0 Å². The molecule has 34 heavy (non-hydrogen) atoms. The van der Waals surface area contributed by atoms with E-state index in [4.69, 9.17) is 20.3 Å². The molecule has 7 nitrogen and oxygen atoms in total. The van der Waals surface area contributed by atoms with Crippen molar-refractivity contribution in [3.63, 3.8) is 0 Å². The number of benzene rings is 1. The van der Waals surface area contributed by atoms with Crippen LogP contribution in [0.5, 0.6) is 5.75 Å². The zero-order valence-electron chi connectivity index (χ0n) is 20.2. The van der Waals surface area contributed by atoms with Crippen molar-refractivity contribution in [1.82, 2.24) is 9.78 Å². The van der Waals surface area contributed by atoms with E-state index in [0.29, 0.717) is 36.5 Å². The molecule has 1 aromatic heterocycles. The Hall–Kier alpha value is -3.05. The van der Waals surface area contributed by atoms with Crippen molar-refractivity contribution in [3.05, 3.63) is 69.1 Å². The van der Waals surface area contributed by atoms with Crippen LogP contribution in [0.3, 0.4) is 0 Å².